The zero-order valence-electron chi connectivity index (χ0n) is 17.8. The van der Waals surface area contributed by atoms with E-state index in [0.717, 1.165) is 18.9 Å². The van der Waals surface area contributed by atoms with Gasteiger partial charge < -0.3 is 10.5 Å². The minimum absolute atomic E-state index is 0.0160. The molecule has 0 aliphatic rings. The Morgan fingerprint density at radius 2 is 1.34 bits per heavy atom. The van der Waals surface area contributed by atoms with Crippen molar-refractivity contribution in [1.29, 1.82) is 0 Å². The second kappa shape index (κ2) is 8.34. The molecule has 0 saturated carbocycles. The third kappa shape index (κ3) is 5.50. The lowest BCUT2D eigenvalue weighted by Gasteiger charge is -2.36. The largest absolute Gasteiger partial charge is 0.483 e. The van der Waals surface area contributed by atoms with E-state index in [-0.39, 0.29) is 23.5 Å². The Morgan fingerprint density at radius 3 is 1.76 bits per heavy atom. The van der Waals surface area contributed by atoms with Crippen LogP contribution < -0.4 is 10.5 Å². The molecule has 0 bridgehead atoms. The second-order valence-electron chi connectivity index (χ2n) is 9.35. The maximum absolute atomic E-state index is 13.9. The monoisotopic (exact) mass is 411 g/mol. The van der Waals surface area contributed by atoms with E-state index >= 15 is 0 Å². The highest BCUT2D eigenvalue weighted by molar-refractivity contribution is 5.34. The van der Waals surface area contributed by atoms with Gasteiger partial charge in [0.1, 0.15) is 6.61 Å². The first kappa shape index (κ1) is 23.2. The number of halogens is 4. The molecule has 0 aliphatic carbocycles. The predicted octanol–water partition coefficient (Wildman–Crippen LogP) is 6.39. The van der Waals surface area contributed by atoms with Crippen LogP contribution in [0, 0.1) is 35.6 Å². The molecule has 0 aliphatic heterocycles. The van der Waals surface area contributed by atoms with Crippen molar-refractivity contribution in [2.75, 3.05) is 0 Å². The maximum atomic E-state index is 13.9. The minimum atomic E-state index is -1.53. The van der Waals surface area contributed by atoms with E-state index in [1.165, 1.54) is 0 Å². The summed E-state index contributed by atoms with van der Waals surface area (Å²) in [4.78, 5) is 0. The molecule has 1 unspecified atom stereocenters. The highest BCUT2D eigenvalue weighted by Crippen LogP contribution is 2.40. The van der Waals surface area contributed by atoms with Crippen molar-refractivity contribution >= 4 is 0 Å². The molecule has 0 fully saturated rings. The van der Waals surface area contributed by atoms with Crippen LogP contribution in [0.25, 0.3) is 0 Å². The van der Waals surface area contributed by atoms with Crippen LogP contribution in [0.3, 0.4) is 0 Å². The van der Waals surface area contributed by atoms with Crippen molar-refractivity contribution in [3.63, 3.8) is 0 Å². The summed E-state index contributed by atoms with van der Waals surface area (Å²) in [5, 5.41) is 0. The molecule has 2 nitrogen and oxygen atoms in total. The van der Waals surface area contributed by atoms with E-state index in [2.05, 4.69) is 20.8 Å². The standard InChI is InChI=1S/C23H29F4NO/c1-13-17(24)19(26)21(20(27)18(13)25)29-12-14-7-9-15(10-8-14)16(22(2,3)4)11-23(5,6)28/h7-10,16H,11-12,28H2,1-6H3. The lowest BCUT2D eigenvalue weighted by molar-refractivity contribution is 0.259. The summed E-state index contributed by atoms with van der Waals surface area (Å²) in [6, 6.07) is 7.38. The number of hydrogen-bond acceptors (Lipinski definition) is 2. The fourth-order valence-corrected chi connectivity index (χ4v) is 3.30. The average Bonchev–Trinajstić information content (AvgIpc) is 2.62. The predicted molar refractivity (Wildman–Crippen MR) is 107 cm³/mol. The van der Waals surface area contributed by atoms with Crippen LogP contribution in [0.1, 0.15) is 63.6 Å². The summed E-state index contributed by atoms with van der Waals surface area (Å²) in [5.41, 5.74) is 6.86. The zero-order valence-corrected chi connectivity index (χ0v) is 17.8. The molecule has 6 heteroatoms. The summed E-state index contributed by atoms with van der Waals surface area (Å²) in [7, 11) is 0. The van der Waals surface area contributed by atoms with E-state index < -0.39 is 34.6 Å². The van der Waals surface area contributed by atoms with Crippen LogP contribution in [-0.4, -0.2) is 5.54 Å². The Morgan fingerprint density at radius 1 is 0.862 bits per heavy atom. The van der Waals surface area contributed by atoms with E-state index in [1.807, 2.05) is 26.0 Å². The summed E-state index contributed by atoms with van der Waals surface area (Å²) < 4.78 is 60.3. The molecule has 1 atom stereocenters. The van der Waals surface area contributed by atoms with Gasteiger partial charge in [-0.1, -0.05) is 45.0 Å². The highest BCUT2D eigenvalue weighted by atomic mass is 19.2. The molecule has 0 saturated heterocycles. The SMILES string of the molecule is Cc1c(F)c(F)c(OCc2ccc(C(CC(C)(C)N)C(C)(C)C)cc2)c(F)c1F. The van der Waals surface area contributed by atoms with Gasteiger partial charge in [0, 0.05) is 11.1 Å². The van der Waals surface area contributed by atoms with Crippen molar-refractivity contribution < 1.29 is 22.3 Å². The molecule has 0 amide bonds. The van der Waals surface area contributed by atoms with E-state index in [9.17, 15) is 17.6 Å². The molecular formula is C23H29F4NO. The third-order valence-corrected chi connectivity index (χ3v) is 4.98. The Hall–Kier alpha value is -2.08. The van der Waals surface area contributed by atoms with E-state index in [1.54, 1.807) is 12.1 Å². The number of hydrogen-bond donors (Lipinski definition) is 1. The van der Waals surface area contributed by atoms with Gasteiger partial charge in [0.15, 0.2) is 17.4 Å². The van der Waals surface area contributed by atoms with Crippen LogP contribution in [0.15, 0.2) is 24.3 Å². The number of ether oxygens (including phenoxy) is 1. The van der Waals surface area contributed by atoms with Gasteiger partial charge in [-0.3, -0.25) is 0 Å². The molecule has 2 rings (SSSR count). The molecular weight excluding hydrogens is 382 g/mol. The van der Waals surface area contributed by atoms with Gasteiger partial charge in [0.05, 0.1) is 0 Å². The molecule has 2 aromatic carbocycles. The van der Waals surface area contributed by atoms with Crippen LogP contribution in [0.4, 0.5) is 17.6 Å². The minimum Gasteiger partial charge on any atom is -0.483 e. The smallest absolute Gasteiger partial charge is 0.204 e. The lowest BCUT2D eigenvalue weighted by atomic mass is 9.71. The maximum Gasteiger partial charge on any atom is 0.204 e. The summed E-state index contributed by atoms with van der Waals surface area (Å²) >= 11 is 0. The van der Waals surface area contributed by atoms with Crippen molar-refractivity contribution in [2.45, 2.75) is 66.0 Å². The van der Waals surface area contributed by atoms with E-state index in [4.69, 9.17) is 10.5 Å². The number of benzene rings is 2. The Kier molecular flexibility index (Phi) is 6.68. The van der Waals surface area contributed by atoms with Crippen molar-refractivity contribution in [3.8, 4) is 5.75 Å². The first-order valence-electron chi connectivity index (χ1n) is 9.55. The average molecular weight is 411 g/mol. The summed E-state index contributed by atoms with van der Waals surface area (Å²) in [5.74, 6) is -6.81. The van der Waals surface area contributed by atoms with Crippen molar-refractivity contribution in [3.05, 3.63) is 64.2 Å². The lowest BCUT2D eigenvalue weighted by Crippen LogP contribution is -2.37. The first-order chi connectivity index (χ1) is 13.2. The first-order valence-corrected chi connectivity index (χ1v) is 9.55. The third-order valence-electron chi connectivity index (χ3n) is 4.98. The normalized spacial score (nSPS) is 13.5. The van der Waals surface area contributed by atoms with E-state index in [0.29, 0.717) is 5.56 Å². The van der Waals surface area contributed by atoms with Gasteiger partial charge in [0.2, 0.25) is 11.6 Å². The zero-order chi connectivity index (χ0) is 22.1. The van der Waals surface area contributed by atoms with Gasteiger partial charge >= 0.3 is 0 Å². The quantitative estimate of drug-likeness (QED) is 0.442. The fraction of sp³-hybridized carbons (Fsp3) is 0.478. The summed E-state index contributed by atoms with van der Waals surface area (Å²) in [6.45, 7) is 11.1. The molecule has 160 valence electrons. The Labute approximate surface area is 170 Å². The van der Waals surface area contributed by atoms with Gasteiger partial charge in [-0.25, -0.2) is 8.78 Å². The Balaban J connectivity index is 2.22. The second-order valence-corrected chi connectivity index (χ2v) is 9.35. The van der Waals surface area contributed by atoms with Gasteiger partial charge in [-0.2, -0.15) is 8.78 Å². The topological polar surface area (TPSA) is 35.2 Å². The molecule has 0 aromatic heterocycles. The Bertz CT molecular complexity index is 835. The molecule has 0 radical (unpaired) electrons. The van der Waals surface area contributed by atoms with Crippen LogP contribution in [0.5, 0.6) is 5.75 Å². The molecule has 0 heterocycles. The number of nitrogens with two attached hydrogens (primary N) is 1. The fourth-order valence-electron chi connectivity index (χ4n) is 3.30. The van der Waals surface area contributed by atoms with Crippen molar-refractivity contribution in [2.24, 2.45) is 11.1 Å². The van der Waals surface area contributed by atoms with Gasteiger partial charge in [-0.15, -0.1) is 0 Å². The molecule has 0 spiro atoms. The van der Waals surface area contributed by atoms with Crippen molar-refractivity contribution in [1.82, 2.24) is 0 Å². The van der Waals surface area contributed by atoms with Crippen LogP contribution in [-0.2, 0) is 6.61 Å². The summed E-state index contributed by atoms with van der Waals surface area (Å²) in [6.07, 6.45) is 0.782. The highest BCUT2D eigenvalue weighted by Gasteiger charge is 2.30. The molecule has 2 aromatic rings. The molecule has 2 N–H and O–H groups in total. The van der Waals surface area contributed by atoms with Crippen LogP contribution in [0.2, 0.25) is 0 Å². The number of rotatable bonds is 6. The molecule has 29 heavy (non-hydrogen) atoms. The van der Waals surface area contributed by atoms with Gasteiger partial charge in [-0.05, 0) is 49.7 Å². The van der Waals surface area contributed by atoms with Crippen LogP contribution >= 0.6 is 0 Å². The van der Waals surface area contributed by atoms with Gasteiger partial charge in [0.25, 0.3) is 0 Å².